The molecule has 0 aromatic heterocycles. The number of sulfonamides is 1. The quantitative estimate of drug-likeness (QED) is 0.809. The molecule has 0 fully saturated rings. The van der Waals surface area contributed by atoms with Gasteiger partial charge in [0.15, 0.2) is 11.5 Å². The van der Waals surface area contributed by atoms with Crippen molar-refractivity contribution in [2.45, 2.75) is 18.4 Å². The fraction of sp³-hybridized carbons (Fsp3) is 0.250. The number of hydrogen-bond donors (Lipinski definition) is 1. The highest BCUT2D eigenvalue weighted by molar-refractivity contribution is 9.10. The minimum absolute atomic E-state index is 0.0998. The summed E-state index contributed by atoms with van der Waals surface area (Å²) >= 11 is 3.27. The first-order chi connectivity index (χ1) is 10.9. The zero-order valence-corrected chi connectivity index (χ0v) is 15.5. The fourth-order valence-electron chi connectivity index (χ4n) is 2.12. The van der Waals surface area contributed by atoms with Crippen molar-refractivity contribution < 1.29 is 17.9 Å². The first-order valence-corrected chi connectivity index (χ1v) is 9.11. The topological polar surface area (TPSA) is 64.6 Å². The van der Waals surface area contributed by atoms with Crippen molar-refractivity contribution in [2.75, 3.05) is 14.2 Å². The third-order valence-electron chi connectivity index (χ3n) is 3.28. The number of nitrogens with one attached hydrogen (secondary N) is 1. The lowest BCUT2D eigenvalue weighted by Gasteiger charge is -2.13. The molecule has 23 heavy (non-hydrogen) atoms. The summed E-state index contributed by atoms with van der Waals surface area (Å²) < 4.78 is 38.4. The van der Waals surface area contributed by atoms with E-state index in [2.05, 4.69) is 20.7 Å². The predicted molar refractivity (Wildman–Crippen MR) is 92.5 cm³/mol. The second kappa shape index (κ2) is 7.33. The summed E-state index contributed by atoms with van der Waals surface area (Å²) in [7, 11) is -0.737. The van der Waals surface area contributed by atoms with Gasteiger partial charge in [0.1, 0.15) is 4.90 Å². The molecule has 0 heterocycles. The normalized spacial score (nSPS) is 11.3. The minimum atomic E-state index is -3.69. The van der Waals surface area contributed by atoms with E-state index < -0.39 is 10.0 Å². The number of hydrogen-bond acceptors (Lipinski definition) is 4. The van der Waals surface area contributed by atoms with E-state index in [1.165, 1.54) is 20.3 Å². The Bertz CT molecular complexity index is 806. The highest BCUT2D eigenvalue weighted by Gasteiger charge is 2.21. The van der Waals surface area contributed by atoms with Crippen molar-refractivity contribution in [3.63, 3.8) is 0 Å². The molecule has 0 saturated heterocycles. The van der Waals surface area contributed by atoms with Gasteiger partial charge in [0.05, 0.1) is 14.2 Å². The number of ether oxygens (including phenoxy) is 2. The lowest BCUT2D eigenvalue weighted by Crippen LogP contribution is -2.23. The number of aryl methyl sites for hydroxylation is 1. The molecule has 0 spiro atoms. The molecule has 1 N–H and O–H groups in total. The average molecular weight is 400 g/mol. The van der Waals surface area contributed by atoms with Crippen LogP contribution in [0.25, 0.3) is 0 Å². The Morgan fingerprint density at radius 1 is 1.09 bits per heavy atom. The molecule has 0 aliphatic heterocycles. The Labute approximate surface area is 144 Å². The molecule has 0 aliphatic carbocycles. The third kappa shape index (κ3) is 4.25. The summed E-state index contributed by atoms with van der Waals surface area (Å²) in [6.07, 6.45) is 0. The molecule has 2 rings (SSSR count). The molecule has 0 radical (unpaired) electrons. The molecule has 0 unspecified atom stereocenters. The maximum atomic E-state index is 12.5. The monoisotopic (exact) mass is 399 g/mol. The first-order valence-electron chi connectivity index (χ1n) is 6.84. The summed E-state index contributed by atoms with van der Waals surface area (Å²) in [5.74, 6) is 0.809. The standard InChI is InChI=1S/C16H18BrNO4S/c1-11-5-4-6-12(7-11)10-18-23(19,20)16-9-15(22-3)14(21-2)8-13(16)17/h4-9,18H,10H2,1-3H3. The zero-order chi connectivity index (χ0) is 17.0. The maximum absolute atomic E-state index is 12.5. The van der Waals surface area contributed by atoms with Gasteiger partial charge in [-0.05, 0) is 34.5 Å². The van der Waals surface area contributed by atoms with E-state index in [0.717, 1.165) is 11.1 Å². The smallest absolute Gasteiger partial charge is 0.242 e. The van der Waals surface area contributed by atoms with Crippen LogP contribution >= 0.6 is 15.9 Å². The van der Waals surface area contributed by atoms with Crippen LogP contribution in [-0.2, 0) is 16.6 Å². The lowest BCUT2D eigenvalue weighted by atomic mass is 10.1. The lowest BCUT2D eigenvalue weighted by molar-refractivity contribution is 0.353. The Kier molecular flexibility index (Phi) is 5.67. The largest absolute Gasteiger partial charge is 0.493 e. The third-order valence-corrected chi connectivity index (χ3v) is 5.64. The van der Waals surface area contributed by atoms with E-state index in [-0.39, 0.29) is 11.4 Å². The molecule has 124 valence electrons. The number of benzene rings is 2. The Morgan fingerprint density at radius 2 is 1.74 bits per heavy atom. The van der Waals surface area contributed by atoms with E-state index in [9.17, 15) is 8.42 Å². The zero-order valence-electron chi connectivity index (χ0n) is 13.1. The Balaban J connectivity index is 2.29. The second-order valence-corrected chi connectivity index (χ2v) is 7.54. The molecule has 0 amide bonds. The molecule has 0 saturated carbocycles. The Hall–Kier alpha value is -1.57. The summed E-state index contributed by atoms with van der Waals surface area (Å²) in [6, 6.07) is 10.7. The maximum Gasteiger partial charge on any atom is 0.242 e. The van der Waals surface area contributed by atoms with Crippen molar-refractivity contribution >= 4 is 26.0 Å². The second-order valence-electron chi connectivity index (χ2n) is 4.95. The van der Waals surface area contributed by atoms with Crippen molar-refractivity contribution in [1.29, 1.82) is 0 Å². The van der Waals surface area contributed by atoms with Crippen LogP contribution in [0.2, 0.25) is 0 Å². The number of halogens is 1. The Morgan fingerprint density at radius 3 is 2.35 bits per heavy atom. The van der Waals surface area contributed by atoms with E-state index in [1.807, 2.05) is 31.2 Å². The van der Waals surface area contributed by atoms with Crippen molar-refractivity contribution in [3.8, 4) is 11.5 Å². The van der Waals surface area contributed by atoms with Crippen molar-refractivity contribution in [1.82, 2.24) is 4.72 Å². The van der Waals surface area contributed by atoms with Crippen LogP contribution in [0.5, 0.6) is 11.5 Å². The molecule has 7 heteroatoms. The highest BCUT2D eigenvalue weighted by Crippen LogP contribution is 2.35. The average Bonchev–Trinajstić information content (AvgIpc) is 2.52. The number of rotatable bonds is 6. The molecular formula is C16H18BrNO4S. The molecule has 2 aromatic carbocycles. The van der Waals surface area contributed by atoms with Gasteiger partial charge in [0, 0.05) is 17.1 Å². The van der Waals surface area contributed by atoms with E-state index >= 15 is 0 Å². The van der Waals surface area contributed by atoms with Gasteiger partial charge in [-0.15, -0.1) is 0 Å². The van der Waals surface area contributed by atoms with Gasteiger partial charge in [0.2, 0.25) is 10.0 Å². The van der Waals surface area contributed by atoms with Crippen LogP contribution in [0.1, 0.15) is 11.1 Å². The minimum Gasteiger partial charge on any atom is -0.493 e. The molecular weight excluding hydrogens is 382 g/mol. The van der Waals surface area contributed by atoms with Crippen molar-refractivity contribution in [3.05, 3.63) is 52.0 Å². The van der Waals surface area contributed by atoms with Crippen molar-refractivity contribution in [2.24, 2.45) is 0 Å². The molecule has 5 nitrogen and oxygen atoms in total. The predicted octanol–water partition coefficient (Wildman–Crippen LogP) is 3.25. The summed E-state index contributed by atoms with van der Waals surface area (Å²) in [5, 5.41) is 0. The first kappa shape index (κ1) is 17.8. The van der Waals surface area contributed by atoms with Gasteiger partial charge < -0.3 is 9.47 Å². The van der Waals surface area contributed by atoms with E-state index in [0.29, 0.717) is 16.0 Å². The summed E-state index contributed by atoms with van der Waals surface area (Å²) in [6.45, 7) is 2.17. The van der Waals surface area contributed by atoms with Crippen LogP contribution in [0, 0.1) is 6.92 Å². The summed E-state index contributed by atoms with van der Waals surface area (Å²) in [5.41, 5.74) is 1.97. The van der Waals surface area contributed by atoms with Crippen LogP contribution in [0.3, 0.4) is 0 Å². The highest BCUT2D eigenvalue weighted by atomic mass is 79.9. The van der Waals surface area contributed by atoms with Crippen LogP contribution in [0.4, 0.5) is 0 Å². The van der Waals surface area contributed by atoms with Gasteiger partial charge in [-0.25, -0.2) is 13.1 Å². The molecule has 0 aliphatic rings. The molecule has 0 atom stereocenters. The van der Waals surface area contributed by atoms with Gasteiger partial charge in [-0.1, -0.05) is 29.8 Å². The number of methoxy groups -OCH3 is 2. The van der Waals surface area contributed by atoms with Crippen LogP contribution < -0.4 is 14.2 Å². The van der Waals surface area contributed by atoms with Crippen LogP contribution in [-0.4, -0.2) is 22.6 Å². The van der Waals surface area contributed by atoms with Crippen LogP contribution in [0.15, 0.2) is 45.8 Å². The van der Waals surface area contributed by atoms with Gasteiger partial charge in [-0.2, -0.15) is 0 Å². The fourth-order valence-corrected chi connectivity index (χ4v) is 4.17. The van der Waals surface area contributed by atoms with E-state index in [4.69, 9.17) is 9.47 Å². The SMILES string of the molecule is COc1cc(Br)c(S(=O)(=O)NCc2cccc(C)c2)cc1OC. The van der Waals surface area contributed by atoms with Gasteiger partial charge in [-0.3, -0.25) is 0 Å². The molecule has 0 bridgehead atoms. The van der Waals surface area contributed by atoms with Gasteiger partial charge in [0.25, 0.3) is 0 Å². The summed E-state index contributed by atoms with van der Waals surface area (Å²) in [4.78, 5) is 0.0998. The van der Waals surface area contributed by atoms with Gasteiger partial charge >= 0.3 is 0 Å². The molecule has 2 aromatic rings. The van der Waals surface area contributed by atoms with E-state index in [1.54, 1.807) is 6.07 Å².